The Labute approximate surface area is 122 Å². The van der Waals surface area contributed by atoms with E-state index in [1.165, 1.54) is 12.1 Å². The molecule has 2 aromatic rings. The van der Waals surface area contributed by atoms with Crippen LogP contribution in [0.4, 0.5) is 4.39 Å². The van der Waals surface area contributed by atoms with Gasteiger partial charge in [-0.3, -0.25) is 4.79 Å². The van der Waals surface area contributed by atoms with E-state index in [9.17, 15) is 9.18 Å². The second-order valence-corrected chi connectivity index (χ2v) is 4.55. The average Bonchev–Trinajstić information content (AvgIpc) is 2.51. The molecule has 110 valence electrons. The molecule has 0 radical (unpaired) electrons. The van der Waals surface area contributed by atoms with Crippen molar-refractivity contribution in [2.24, 2.45) is 5.73 Å². The lowest BCUT2D eigenvalue weighted by atomic mass is 10.2. The van der Waals surface area contributed by atoms with E-state index in [1.807, 2.05) is 30.3 Å². The van der Waals surface area contributed by atoms with Crippen LogP contribution in [0.2, 0.25) is 0 Å². The number of ether oxygens (including phenoxy) is 1. The fraction of sp³-hybridized carbons (Fsp3) is 0.188. The van der Waals surface area contributed by atoms with Crippen molar-refractivity contribution < 1.29 is 13.9 Å². The second kappa shape index (κ2) is 7.40. The summed E-state index contributed by atoms with van der Waals surface area (Å²) in [6, 6.07) is 13.7. The first-order chi connectivity index (χ1) is 10.2. The Balaban J connectivity index is 1.82. The lowest BCUT2D eigenvalue weighted by Crippen LogP contribution is -2.28. The summed E-state index contributed by atoms with van der Waals surface area (Å²) in [5.41, 5.74) is 7.08. The van der Waals surface area contributed by atoms with Crippen LogP contribution in [-0.4, -0.2) is 12.5 Å². The number of benzene rings is 2. The number of hydrogen-bond acceptors (Lipinski definition) is 3. The molecule has 0 fully saturated rings. The van der Waals surface area contributed by atoms with Crippen LogP contribution in [0.15, 0.2) is 48.5 Å². The molecule has 0 aliphatic heterocycles. The van der Waals surface area contributed by atoms with Crippen LogP contribution in [0.25, 0.3) is 0 Å². The number of carbonyl (C=O) groups excluding carboxylic acids is 1. The van der Waals surface area contributed by atoms with Crippen molar-refractivity contribution >= 4 is 5.91 Å². The summed E-state index contributed by atoms with van der Waals surface area (Å²) in [5, 5.41) is 2.73. The molecule has 0 spiro atoms. The molecule has 5 heteroatoms. The molecule has 1 amide bonds. The van der Waals surface area contributed by atoms with E-state index in [0.717, 1.165) is 5.56 Å². The topological polar surface area (TPSA) is 64.3 Å². The van der Waals surface area contributed by atoms with Crippen LogP contribution in [0.1, 0.15) is 11.1 Å². The number of nitrogens with one attached hydrogen (secondary N) is 1. The third kappa shape index (κ3) is 4.89. The van der Waals surface area contributed by atoms with Gasteiger partial charge in [0, 0.05) is 19.2 Å². The third-order valence-electron chi connectivity index (χ3n) is 2.87. The van der Waals surface area contributed by atoms with Gasteiger partial charge in [-0.15, -0.1) is 0 Å². The first-order valence-electron chi connectivity index (χ1n) is 6.60. The maximum absolute atomic E-state index is 13.3. The van der Waals surface area contributed by atoms with Gasteiger partial charge in [0.1, 0.15) is 11.6 Å². The van der Waals surface area contributed by atoms with Crippen LogP contribution < -0.4 is 15.8 Å². The summed E-state index contributed by atoms with van der Waals surface area (Å²) < 4.78 is 18.5. The van der Waals surface area contributed by atoms with Gasteiger partial charge in [-0.1, -0.05) is 30.3 Å². The zero-order valence-corrected chi connectivity index (χ0v) is 11.5. The Bertz CT molecular complexity index is 602. The number of amides is 1. The zero-order chi connectivity index (χ0) is 15.1. The highest BCUT2D eigenvalue weighted by Gasteiger charge is 2.05. The molecule has 21 heavy (non-hydrogen) atoms. The number of hydrogen-bond donors (Lipinski definition) is 2. The lowest BCUT2D eigenvalue weighted by Gasteiger charge is -2.09. The molecule has 0 saturated heterocycles. The molecule has 0 aliphatic carbocycles. The summed E-state index contributed by atoms with van der Waals surface area (Å²) in [4.78, 5) is 11.7. The van der Waals surface area contributed by atoms with E-state index >= 15 is 0 Å². The largest absolute Gasteiger partial charge is 0.484 e. The SMILES string of the molecule is NCc1cc(F)cc(OCC(=O)NCc2ccccc2)c1. The predicted molar refractivity (Wildman–Crippen MR) is 78.1 cm³/mol. The lowest BCUT2D eigenvalue weighted by molar-refractivity contribution is -0.123. The second-order valence-electron chi connectivity index (χ2n) is 4.55. The molecule has 2 aromatic carbocycles. The normalized spacial score (nSPS) is 10.2. The number of carbonyl (C=O) groups is 1. The van der Waals surface area contributed by atoms with E-state index in [1.54, 1.807) is 6.07 Å². The predicted octanol–water partition coefficient (Wildman–Crippen LogP) is 1.98. The Morgan fingerprint density at radius 1 is 1.14 bits per heavy atom. The first kappa shape index (κ1) is 15.0. The molecule has 0 aromatic heterocycles. The van der Waals surface area contributed by atoms with Gasteiger partial charge in [-0.05, 0) is 23.3 Å². The molecular formula is C16H17FN2O2. The Morgan fingerprint density at radius 3 is 2.62 bits per heavy atom. The van der Waals surface area contributed by atoms with Crippen molar-refractivity contribution in [2.75, 3.05) is 6.61 Å². The summed E-state index contributed by atoms with van der Waals surface area (Å²) in [6.45, 7) is 0.481. The highest BCUT2D eigenvalue weighted by Crippen LogP contribution is 2.16. The Hall–Kier alpha value is -2.40. The maximum atomic E-state index is 13.3. The smallest absolute Gasteiger partial charge is 0.258 e. The molecule has 0 heterocycles. The van der Waals surface area contributed by atoms with Gasteiger partial charge in [0.2, 0.25) is 0 Å². The first-order valence-corrected chi connectivity index (χ1v) is 6.60. The summed E-state index contributed by atoms with van der Waals surface area (Å²) >= 11 is 0. The standard InChI is InChI=1S/C16H17FN2O2/c17-14-6-13(9-18)7-15(8-14)21-11-16(20)19-10-12-4-2-1-3-5-12/h1-8H,9-11,18H2,(H,19,20). The highest BCUT2D eigenvalue weighted by molar-refractivity contribution is 5.77. The van der Waals surface area contributed by atoms with E-state index < -0.39 is 5.82 Å². The van der Waals surface area contributed by atoms with Crippen LogP contribution in [0.5, 0.6) is 5.75 Å². The molecule has 2 rings (SSSR count). The van der Waals surface area contributed by atoms with Crippen molar-refractivity contribution in [2.45, 2.75) is 13.1 Å². The van der Waals surface area contributed by atoms with E-state index in [4.69, 9.17) is 10.5 Å². The van der Waals surface area contributed by atoms with Gasteiger partial charge in [0.15, 0.2) is 6.61 Å². The van der Waals surface area contributed by atoms with Crippen LogP contribution >= 0.6 is 0 Å². The molecule has 0 bridgehead atoms. The minimum atomic E-state index is -0.433. The van der Waals surface area contributed by atoms with Crippen molar-refractivity contribution in [3.05, 3.63) is 65.5 Å². The molecule has 0 saturated carbocycles. The van der Waals surface area contributed by atoms with Crippen molar-refractivity contribution in [1.82, 2.24) is 5.32 Å². The van der Waals surface area contributed by atoms with Crippen LogP contribution in [0, 0.1) is 5.82 Å². The molecule has 4 nitrogen and oxygen atoms in total. The average molecular weight is 288 g/mol. The van der Waals surface area contributed by atoms with Gasteiger partial charge >= 0.3 is 0 Å². The molecule has 0 aliphatic rings. The molecule has 3 N–H and O–H groups in total. The van der Waals surface area contributed by atoms with Crippen LogP contribution in [-0.2, 0) is 17.9 Å². The van der Waals surface area contributed by atoms with E-state index in [2.05, 4.69) is 5.32 Å². The van der Waals surface area contributed by atoms with E-state index in [-0.39, 0.29) is 19.1 Å². The minimum absolute atomic E-state index is 0.166. The molecule has 0 atom stereocenters. The van der Waals surface area contributed by atoms with Gasteiger partial charge in [0.25, 0.3) is 5.91 Å². The van der Waals surface area contributed by atoms with Gasteiger partial charge in [0.05, 0.1) is 0 Å². The van der Waals surface area contributed by atoms with Crippen molar-refractivity contribution in [3.63, 3.8) is 0 Å². The summed E-state index contributed by atoms with van der Waals surface area (Å²) in [7, 11) is 0. The van der Waals surface area contributed by atoms with Crippen LogP contribution in [0.3, 0.4) is 0 Å². The fourth-order valence-electron chi connectivity index (χ4n) is 1.82. The Kier molecular flexibility index (Phi) is 5.29. The van der Waals surface area contributed by atoms with Gasteiger partial charge < -0.3 is 15.8 Å². The number of rotatable bonds is 6. The van der Waals surface area contributed by atoms with E-state index in [0.29, 0.717) is 17.9 Å². The van der Waals surface area contributed by atoms with Crippen molar-refractivity contribution in [1.29, 1.82) is 0 Å². The third-order valence-corrected chi connectivity index (χ3v) is 2.87. The molecule has 0 unspecified atom stereocenters. The number of halogens is 1. The maximum Gasteiger partial charge on any atom is 0.258 e. The summed E-state index contributed by atoms with van der Waals surface area (Å²) in [5.74, 6) is -0.402. The zero-order valence-electron chi connectivity index (χ0n) is 11.5. The quantitative estimate of drug-likeness (QED) is 0.854. The minimum Gasteiger partial charge on any atom is -0.484 e. The Morgan fingerprint density at radius 2 is 1.90 bits per heavy atom. The summed E-state index contributed by atoms with van der Waals surface area (Å²) in [6.07, 6.45) is 0. The fourth-order valence-corrected chi connectivity index (χ4v) is 1.82. The number of nitrogens with two attached hydrogens (primary N) is 1. The monoisotopic (exact) mass is 288 g/mol. The van der Waals surface area contributed by atoms with Gasteiger partial charge in [-0.25, -0.2) is 4.39 Å². The van der Waals surface area contributed by atoms with Gasteiger partial charge in [-0.2, -0.15) is 0 Å². The van der Waals surface area contributed by atoms with Crippen molar-refractivity contribution in [3.8, 4) is 5.75 Å². The highest BCUT2D eigenvalue weighted by atomic mass is 19.1. The molecular weight excluding hydrogens is 271 g/mol.